The van der Waals surface area contributed by atoms with Gasteiger partial charge < -0.3 is 0 Å². The fourth-order valence-electron chi connectivity index (χ4n) is 3.35. The Labute approximate surface area is 141 Å². The quantitative estimate of drug-likeness (QED) is 0.588. The summed E-state index contributed by atoms with van der Waals surface area (Å²) in [7, 11) is 0. The van der Waals surface area contributed by atoms with Crippen molar-refractivity contribution < 1.29 is 13.2 Å². The van der Waals surface area contributed by atoms with Crippen LogP contribution in [0.1, 0.15) is 48.4 Å². The van der Waals surface area contributed by atoms with E-state index in [9.17, 15) is 13.2 Å². The van der Waals surface area contributed by atoms with Crippen molar-refractivity contribution in [2.24, 2.45) is 0 Å². The predicted molar refractivity (Wildman–Crippen MR) is 91.4 cm³/mol. The molecule has 3 rings (SSSR count). The van der Waals surface area contributed by atoms with Crippen LogP contribution in [-0.4, -0.2) is 0 Å². The second kappa shape index (κ2) is 7.25. The number of halogens is 3. The number of rotatable bonds is 5. The smallest absolute Gasteiger partial charge is 0.133 e. The van der Waals surface area contributed by atoms with Crippen molar-refractivity contribution in [3.8, 4) is 0 Å². The first-order valence-electron chi connectivity index (χ1n) is 8.53. The zero-order valence-electron chi connectivity index (χ0n) is 13.8. The highest BCUT2D eigenvalue weighted by Crippen LogP contribution is 2.32. The van der Waals surface area contributed by atoms with Gasteiger partial charge in [-0.3, -0.25) is 0 Å². The van der Waals surface area contributed by atoms with Crippen molar-refractivity contribution in [2.45, 2.75) is 45.4 Å². The van der Waals surface area contributed by atoms with Gasteiger partial charge in [0.05, 0.1) is 0 Å². The van der Waals surface area contributed by atoms with E-state index < -0.39 is 11.6 Å². The highest BCUT2D eigenvalue weighted by Gasteiger charge is 2.21. The molecule has 2 aromatic carbocycles. The summed E-state index contributed by atoms with van der Waals surface area (Å²) in [6.07, 6.45) is 6.22. The van der Waals surface area contributed by atoms with Gasteiger partial charge in [0.1, 0.15) is 17.5 Å². The van der Waals surface area contributed by atoms with E-state index in [0.717, 1.165) is 24.8 Å². The Morgan fingerprint density at radius 3 is 2.42 bits per heavy atom. The van der Waals surface area contributed by atoms with Gasteiger partial charge in [-0.25, -0.2) is 13.2 Å². The second-order valence-corrected chi connectivity index (χ2v) is 6.38. The number of allylic oxidation sites excluding steroid dienone is 2. The third-order valence-corrected chi connectivity index (χ3v) is 4.64. The topological polar surface area (TPSA) is 0 Å². The molecule has 0 aliphatic heterocycles. The van der Waals surface area contributed by atoms with Crippen molar-refractivity contribution in [3.63, 3.8) is 0 Å². The monoisotopic (exact) mass is 330 g/mol. The Bertz CT molecular complexity index is 752. The molecule has 0 saturated heterocycles. The first-order chi connectivity index (χ1) is 11.6. The third kappa shape index (κ3) is 3.40. The molecule has 0 aromatic heterocycles. The fraction of sp³-hybridized carbons (Fsp3) is 0.333. The maximum atomic E-state index is 14.5. The minimum Gasteiger partial charge on any atom is -0.207 e. The van der Waals surface area contributed by atoms with Crippen molar-refractivity contribution in [1.82, 2.24) is 0 Å². The zero-order chi connectivity index (χ0) is 17.1. The van der Waals surface area contributed by atoms with Crippen molar-refractivity contribution in [1.29, 1.82) is 0 Å². The van der Waals surface area contributed by atoms with Gasteiger partial charge >= 0.3 is 0 Å². The largest absolute Gasteiger partial charge is 0.207 e. The molecule has 0 fully saturated rings. The van der Waals surface area contributed by atoms with Gasteiger partial charge in [-0.1, -0.05) is 38.0 Å². The Balaban J connectivity index is 1.87. The molecular formula is C21H21F3. The average molecular weight is 330 g/mol. The van der Waals surface area contributed by atoms with Crippen LogP contribution < -0.4 is 0 Å². The van der Waals surface area contributed by atoms with Gasteiger partial charge in [0.15, 0.2) is 0 Å². The van der Waals surface area contributed by atoms with Gasteiger partial charge in [-0.15, -0.1) is 0 Å². The van der Waals surface area contributed by atoms with E-state index in [0.29, 0.717) is 36.0 Å². The average Bonchev–Trinajstić information content (AvgIpc) is 2.55. The molecule has 1 aliphatic carbocycles. The number of hydrogen-bond acceptors (Lipinski definition) is 0. The normalized spacial score (nSPS) is 13.6. The number of fused-ring (bicyclic) bond motifs is 1. The van der Waals surface area contributed by atoms with E-state index in [1.807, 2.05) is 6.07 Å². The van der Waals surface area contributed by atoms with Crippen LogP contribution >= 0.6 is 0 Å². The van der Waals surface area contributed by atoms with Crippen molar-refractivity contribution in [2.75, 3.05) is 0 Å². The molecule has 0 saturated carbocycles. The number of hydrogen-bond donors (Lipinski definition) is 0. The summed E-state index contributed by atoms with van der Waals surface area (Å²) in [6, 6.07) is 7.76. The molecule has 2 aromatic rings. The molecule has 0 atom stereocenters. The maximum absolute atomic E-state index is 14.5. The van der Waals surface area contributed by atoms with E-state index in [4.69, 9.17) is 0 Å². The summed E-state index contributed by atoms with van der Waals surface area (Å²) >= 11 is 0. The first-order valence-corrected chi connectivity index (χ1v) is 8.53. The zero-order valence-corrected chi connectivity index (χ0v) is 13.8. The van der Waals surface area contributed by atoms with E-state index >= 15 is 0 Å². The maximum Gasteiger partial charge on any atom is 0.133 e. The highest BCUT2D eigenvalue weighted by molar-refractivity contribution is 5.71. The fourth-order valence-corrected chi connectivity index (χ4v) is 3.35. The number of aryl methyl sites for hydroxylation is 1. The molecule has 126 valence electrons. The van der Waals surface area contributed by atoms with Gasteiger partial charge in [-0.05, 0) is 66.1 Å². The van der Waals surface area contributed by atoms with Crippen LogP contribution in [0.15, 0.2) is 36.4 Å². The second-order valence-electron chi connectivity index (χ2n) is 6.38. The summed E-state index contributed by atoms with van der Waals surface area (Å²) < 4.78 is 42.8. The molecule has 0 amide bonds. The van der Waals surface area contributed by atoms with Gasteiger partial charge in [0, 0.05) is 5.56 Å². The third-order valence-electron chi connectivity index (χ3n) is 4.64. The SMILES string of the molecule is CCCCCc1cc(F)c(C2=CCc3c(F)cccc3C2)c(F)c1. The van der Waals surface area contributed by atoms with Crippen LogP contribution in [0, 0.1) is 17.5 Å². The molecule has 0 nitrogen and oxygen atoms in total. The number of unbranched alkanes of at least 4 members (excludes halogenated alkanes) is 2. The molecule has 0 N–H and O–H groups in total. The van der Waals surface area contributed by atoms with Gasteiger partial charge in [0.25, 0.3) is 0 Å². The van der Waals surface area contributed by atoms with Crippen LogP contribution in [0.4, 0.5) is 13.2 Å². The Morgan fingerprint density at radius 1 is 0.958 bits per heavy atom. The first kappa shape index (κ1) is 16.8. The lowest BCUT2D eigenvalue weighted by Gasteiger charge is -2.19. The summed E-state index contributed by atoms with van der Waals surface area (Å²) in [5.74, 6) is -1.30. The Hall–Kier alpha value is -2.03. The molecule has 0 spiro atoms. The minimum absolute atomic E-state index is 0.0316. The lowest BCUT2D eigenvalue weighted by molar-refractivity contribution is 0.570. The summed E-state index contributed by atoms with van der Waals surface area (Å²) in [4.78, 5) is 0. The molecule has 0 unspecified atom stereocenters. The Kier molecular flexibility index (Phi) is 5.08. The highest BCUT2D eigenvalue weighted by atomic mass is 19.1. The van der Waals surface area contributed by atoms with Crippen LogP contribution in [0.25, 0.3) is 5.57 Å². The van der Waals surface area contributed by atoms with Crippen LogP contribution in [0.2, 0.25) is 0 Å². The molecular weight excluding hydrogens is 309 g/mol. The Morgan fingerprint density at radius 2 is 1.71 bits per heavy atom. The van der Waals surface area contributed by atoms with Gasteiger partial charge in [-0.2, -0.15) is 0 Å². The lowest BCUT2D eigenvalue weighted by Crippen LogP contribution is -2.08. The minimum atomic E-state index is -0.521. The molecule has 24 heavy (non-hydrogen) atoms. The molecule has 0 heterocycles. The van der Waals surface area contributed by atoms with Gasteiger partial charge in [0.2, 0.25) is 0 Å². The molecule has 3 heteroatoms. The standard InChI is InChI=1S/C21H21F3/c1-2-3-4-6-14-11-19(23)21(20(24)12-14)16-9-10-17-15(13-16)7-5-8-18(17)22/h5,7-9,11-12H,2-4,6,10,13H2,1H3. The summed E-state index contributed by atoms with van der Waals surface area (Å²) in [6.45, 7) is 2.10. The molecule has 1 aliphatic rings. The molecule has 0 radical (unpaired) electrons. The number of benzene rings is 2. The molecule has 0 bridgehead atoms. The van der Waals surface area contributed by atoms with Crippen molar-refractivity contribution >= 4 is 5.57 Å². The predicted octanol–water partition coefficient (Wildman–Crippen LogP) is 6.02. The van der Waals surface area contributed by atoms with E-state index in [1.165, 1.54) is 18.2 Å². The van der Waals surface area contributed by atoms with E-state index in [2.05, 4.69) is 6.92 Å². The van der Waals surface area contributed by atoms with E-state index in [-0.39, 0.29) is 11.4 Å². The van der Waals surface area contributed by atoms with Crippen molar-refractivity contribution in [3.05, 3.63) is 76.1 Å². The summed E-state index contributed by atoms with van der Waals surface area (Å²) in [5.41, 5.74) is 2.76. The van der Waals surface area contributed by atoms with E-state index in [1.54, 1.807) is 12.1 Å². The van der Waals surface area contributed by atoms with Crippen LogP contribution in [0.5, 0.6) is 0 Å². The summed E-state index contributed by atoms with van der Waals surface area (Å²) in [5, 5.41) is 0. The van der Waals surface area contributed by atoms with Crippen LogP contribution in [0.3, 0.4) is 0 Å². The lowest BCUT2D eigenvalue weighted by atomic mass is 9.87. The van der Waals surface area contributed by atoms with Crippen LogP contribution in [-0.2, 0) is 19.3 Å².